The average molecular weight is 192 g/mol. The Bertz CT molecular complexity index is 277. The van der Waals surface area contributed by atoms with E-state index >= 15 is 0 Å². The van der Waals surface area contributed by atoms with Gasteiger partial charge in [-0.25, -0.2) is 0 Å². The van der Waals surface area contributed by atoms with Crippen LogP contribution in [0.3, 0.4) is 0 Å². The van der Waals surface area contributed by atoms with Crippen LogP contribution in [-0.2, 0) is 0 Å². The molecule has 1 heterocycles. The van der Waals surface area contributed by atoms with Gasteiger partial charge in [-0.3, -0.25) is 4.98 Å². The molecule has 0 amide bonds. The summed E-state index contributed by atoms with van der Waals surface area (Å²) in [4.78, 5) is 6.13. The first-order chi connectivity index (χ1) is 6.68. The first kappa shape index (κ1) is 12.7. The molecule has 2 heteroatoms. The zero-order chi connectivity index (χ0) is 11.0. The van der Waals surface area contributed by atoms with Crippen LogP contribution in [0.15, 0.2) is 24.5 Å². The fraction of sp³-hybridized carbons (Fsp3) is 0.417. The maximum Gasteiger partial charge on any atom is 0.0378 e. The van der Waals surface area contributed by atoms with E-state index in [2.05, 4.69) is 17.1 Å². The smallest absolute Gasteiger partial charge is 0.0378 e. The lowest BCUT2D eigenvalue weighted by Gasteiger charge is -2.02. The molecule has 1 aromatic heterocycles. The Morgan fingerprint density at radius 2 is 1.93 bits per heavy atom. The van der Waals surface area contributed by atoms with Gasteiger partial charge in [-0.2, -0.15) is 0 Å². The van der Waals surface area contributed by atoms with Gasteiger partial charge in [0.05, 0.1) is 0 Å². The predicted octanol–water partition coefficient (Wildman–Crippen LogP) is 2.95. The summed E-state index contributed by atoms with van der Waals surface area (Å²) in [5.41, 5.74) is 2.24. The molecule has 78 valence electrons. The van der Waals surface area contributed by atoms with Crippen molar-refractivity contribution in [2.75, 3.05) is 14.1 Å². The van der Waals surface area contributed by atoms with Crippen molar-refractivity contribution in [1.82, 2.24) is 9.88 Å². The van der Waals surface area contributed by atoms with Gasteiger partial charge in [0.25, 0.3) is 0 Å². The number of aryl methyl sites for hydroxylation is 1. The third-order valence-corrected chi connectivity index (χ3v) is 1.49. The Morgan fingerprint density at radius 3 is 2.43 bits per heavy atom. The van der Waals surface area contributed by atoms with Crippen LogP contribution >= 0.6 is 0 Å². The second kappa shape index (κ2) is 7.13. The quantitative estimate of drug-likeness (QED) is 0.716. The predicted molar refractivity (Wildman–Crippen MR) is 63.0 cm³/mol. The molecule has 0 aliphatic heterocycles. The van der Waals surface area contributed by atoms with Crippen molar-refractivity contribution >= 4 is 6.08 Å². The van der Waals surface area contributed by atoms with Crippen molar-refractivity contribution in [3.05, 3.63) is 35.8 Å². The lowest BCUT2D eigenvalue weighted by Crippen LogP contribution is -1.99. The van der Waals surface area contributed by atoms with Crippen molar-refractivity contribution in [2.45, 2.75) is 20.8 Å². The molecule has 0 bridgehead atoms. The number of nitrogens with zero attached hydrogens (tertiary/aromatic N) is 2. The molecule has 0 aliphatic rings. The fourth-order valence-electron chi connectivity index (χ4n) is 0.906. The third kappa shape index (κ3) is 5.36. The van der Waals surface area contributed by atoms with Gasteiger partial charge in [0.15, 0.2) is 0 Å². The topological polar surface area (TPSA) is 16.1 Å². The Hall–Kier alpha value is -1.31. The zero-order valence-electron chi connectivity index (χ0n) is 9.78. The van der Waals surface area contributed by atoms with Crippen LogP contribution in [0.2, 0.25) is 0 Å². The van der Waals surface area contributed by atoms with Gasteiger partial charge in [-0.05, 0) is 36.9 Å². The van der Waals surface area contributed by atoms with Crippen LogP contribution in [0.1, 0.15) is 25.1 Å². The van der Waals surface area contributed by atoms with E-state index in [1.807, 2.05) is 58.2 Å². The number of aromatic nitrogens is 1. The van der Waals surface area contributed by atoms with E-state index in [9.17, 15) is 0 Å². The zero-order valence-corrected chi connectivity index (χ0v) is 9.78. The summed E-state index contributed by atoms with van der Waals surface area (Å²) in [6.45, 7) is 5.99. The van der Waals surface area contributed by atoms with Crippen LogP contribution in [0.25, 0.3) is 6.08 Å². The highest BCUT2D eigenvalue weighted by Gasteiger charge is 1.87. The maximum absolute atomic E-state index is 4.12. The number of pyridine rings is 1. The summed E-state index contributed by atoms with van der Waals surface area (Å²) >= 11 is 0. The highest BCUT2D eigenvalue weighted by atomic mass is 15.0. The van der Waals surface area contributed by atoms with E-state index in [0.717, 1.165) is 5.69 Å². The number of rotatable bonds is 2. The van der Waals surface area contributed by atoms with Gasteiger partial charge in [-0.15, -0.1) is 0 Å². The van der Waals surface area contributed by atoms with E-state index in [-0.39, 0.29) is 0 Å². The molecule has 0 spiro atoms. The SMILES string of the molecule is CC.Cc1cc(/C=C/N(C)C)ccn1. The molecular formula is C12H20N2. The molecule has 0 fully saturated rings. The Labute approximate surface area is 87.3 Å². The lowest BCUT2D eigenvalue weighted by molar-refractivity contribution is 0.567. The summed E-state index contributed by atoms with van der Waals surface area (Å²) in [6.07, 6.45) is 5.91. The van der Waals surface area contributed by atoms with Crippen LogP contribution in [0.5, 0.6) is 0 Å². The molecule has 0 atom stereocenters. The Kier molecular flexibility index (Phi) is 6.46. The summed E-state index contributed by atoms with van der Waals surface area (Å²) in [6, 6.07) is 4.05. The van der Waals surface area contributed by atoms with Crippen molar-refractivity contribution in [2.24, 2.45) is 0 Å². The van der Waals surface area contributed by atoms with Gasteiger partial charge < -0.3 is 4.90 Å². The third-order valence-electron chi connectivity index (χ3n) is 1.49. The molecule has 0 radical (unpaired) electrons. The molecule has 1 rings (SSSR count). The van der Waals surface area contributed by atoms with Crippen molar-refractivity contribution < 1.29 is 0 Å². The van der Waals surface area contributed by atoms with E-state index in [0.29, 0.717) is 0 Å². The molecule has 1 aromatic rings. The van der Waals surface area contributed by atoms with Crippen molar-refractivity contribution in [3.63, 3.8) is 0 Å². The second-order valence-electron chi connectivity index (χ2n) is 3.01. The minimum Gasteiger partial charge on any atom is -0.383 e. The van der Waals surface area contributed by atoms with Crippen LogP contribution < -0.4 is 0 Å². The van der Waals surface area contributed by atoms with Gasteiger partial charge >= 0.3 is 0 Å². The molecule has 0 N–H and O–H groups in total. The largest absolute Gasteiger partial charge is 0.383 e. The molecule has 0 aromatic carbocycles. The molecule has 0 saturated heterocycles. The molecule has 0 aliphatic carbocycles. The van der Waals surface area contributed by atoms with Gasteiger partial charge in [0, 0.05) is 26.0 Å². The summed E-state index contributed by atoms with van der Waals surface area (Å²) < 4.78 is 0. The van der Waals surface area contributed by atoms with E-state index in [4.69, 9.17) is 0 Å². The normalized spacial score (nSPS) is 9.50. The highest BCUT2D eigenvalue weighted by Crippen LogP contribution is 2.02. The van der Waals surface area contributed by atoms with E-state index < -0.39 is 0 Å². The number of hydrogen-bond donors (Lipinski definition) is 0. The first-order valence-electron chi connectivity index (χ1n) is 4.96. The highest BCUT2D eigenvalue weighted by molar-refractivity contribution is 5.48. The van der Waals surface area contributed by atoms with Crippen LogP contribution in [0, 0.1) is 6.92 Å². The molecule has 0 saturated carbocycles. The maximum atomic E-state index is 4.12. The lowest BCUT2D eigenvalue weighted by atomic mass is 10.2. The van der Waals surface area contributed by atoms with Crippen molar-refractivity contribution in [1.29, 1.82) is 0 Å². The minimum atomic E-state index is 1.05. The van der Waals surface area contributed by atoms with E-state index in [1.54, 1.807) is 0 Å². The monoisotopic (exact) mass is 192 g/mol. The standard InChI is InChI=1S/C10H14N2.C2H6/c1-9-8-10(4-6-11-9)5-7-12(2)3;1-2/h4-8H,1-3H3;1-2H3/b7-5+;. The average Bonchev–Trinajstić information content (AvgIpc) is 2.18. The Balaban J connectivity index is 0.000000791. The van der Waals surface area contributed by atoms with Crippen molar-refractivity contribution in [3.8, 4) is 0 Å². The fourth-order valence-corrected chi connectivity index (χ4v) is 0.906. The number of hydrogen-bond acceptors (Lipinski definition) is 2. The van der Waals surface area contributed by atoms with Gasteiger partial charge in [-0.1, -0.05) is 13.8 Å². The Morgan fingerprint density at radius 1 is 1.29 bits per heavy atom. The summed E-state index contributed by atoms with van der Waals surface area (Å²) in [5, 5.41) is 0. The molecular weight excluding hydrogens is 172 g/mol. The molecule has 14 heavy (non-hydrogen) atoms. The van der Waals surface area contributed by atoms with Gasteiger partial charge in [0.1, 0.15) is 0 Å². The molecule has 0 unspecified atom stereocenters. The van der Waals surface area contributed by atoms with Crippen LogP contribution in [0.4, 0.5) is 0 Å². The van der Waals surface area contributed by atoms with E-state index in [1.165, 1.54) is 5.56 Å². The molecule has 2 nitrogen and oxygen atoms in total. The van der Waals surface area contributed by atoms with Crippen LogP contribution in [-0.4, -0.2) is 24.0 Å². The van der Waals surface area contributed by atoms with Gasteiger partial charge in [0.2, 0.25) is 0 Å². The first-order valence-corrected chi connectivity index (χ1v) is 4.96. The second-order valence-corrected chi connectivity index (χ2v) is 3.01. The minimum absolute atomic E-state index is 1.05. The summed E-state index contributed by atoms with van der Waals surface area (Å²) in [7, 11) is 4.01. The summed E-state index contributed by atoms with van der Waals surface area (Å²) in [5.74, 6) is 0.